The standard InChI is InChI=1S/C25H27N3O5S/c1-25(2)13-18-21(19(29)14-25)20(15-7-5-4-6-8-15)22(24(30)33-3)23(26)28(18)16-9-11-17(12-10-16)34(27,31)32/h4-12,20H,13-14,26H2,1-3H3,(H2,27,31,32). The number of methoxy groups -OCH3 is 1. The number of nitrogens with two attached hydrogens (primary N) is 2. The molecule has 0 radical (unpaired) electrons. The van der Waals surface area contributed by atoms with Gasteiger partial charge in [-0.25, -0.2) is 18.4 Å². The summed E-state index contributed by atoms with van der Waals surface area (Å²) in [6.07, 6.45) is 0.852. The van der Waals surface area contributed by atoms with Crippen LogP contribution in [0.15, 0.2) is 82.2 Å². The van der Waals surface area contributed by atoms with Gasteiger partial charge in [-0.1, -0.05) is 44.2 Å². The van der Waals surface area contributed by atoms with Crippen LogP contribution >= 0.6 is 0 Å². The van der Waals surface area contributed by atoms with Gasteiger partial charge in [0.15, 0.2) is 5.78 Å². The Morgan fingerprint density at radius 1 is 1.06 bits per heavy atom. The second-order valence-corrected chi connectivity index (χ2v) is 10.9. The molecule has 4 N–H and O–H groups in total. The highest BCUT2D eigenvalue weighted by atomic mass is 32.2. The zero-order chi connectivity index (χ0) is 24.8. The maximum absolute atomic E-state index is 13.6. The highest BCUT2D eigenvalue weighted by molar-refractivity contribution is 7.89. The number of allylic oxidation sites excluding steroid dienone is 2. The quantitative estimate of drug-likeness (QED) is 0.642. The van der Waals surface area contributed by atoms with Gasteiger partial charge in [0, 0.05) is 23.4 Å². The molecule has 0 saturated carbocycles. The first-order chi connectivity index (χ1) is 15.9. The van der Waals surface area contributed by atoms with E-state index in [-0.39, 0.29) is 27.5 Å². The van der Waals surface area contributed by atoms with Crippen LogP contribution in [0.2, 0.25) is 0 Å². The summed E-state index contributed by atoms with van der Waals surface area (Å²) < 4.78 is 28.6. The van der Waals surface area contributed by atoms with Gasteiger partial charge in [0.2, 0.25) is 10.0 Å². The number of sulfonamides is 1. The lowest BCUT2D eigenvalue weighted by atomic mass is 9.68. The lowest BCUT2D eigenvalue weighted by Crippen LogP contribution is -2.43. The average molecular weight is 482 g/mol. The van der Waals surface area contributed by atoms with Gasteiger partial charge in [0.25, 0.3) is 0 Å². The van der Waals surface area contributed by atoms with Crippen molar-refractivity contribution in [1.82, 2.24) is 0 Å². The Labute approximate surface area is 198 Å². The molecule has 8 nitrogen and oxygen atoms in total. The number of primary sulfonamides is 1. The number of hydrogen-bond acceptors (Lipinski definition) is 7. The van der Waals surface area contributed by atoms with Gasteiger partial charge in [0.1, 0.15) is 5.82 Å². The molecule has 2 aliphatic rings. The number of ketones is 1. The van der Waals surface area contributed by atoms with E-state index >= 15 is 0 Å². The van der Waals surface area contributed by atoms with Crippen LogP contribution in [0.3, 0.4) is 0 Å². The van der Waals surface area contributed by atoms with Gasteiger partial charge in [-0.05, 0) is 41.7 Å². The molecule has 4 rings (SSSR count). The summed E-state index contributed by atoms with van der Waals surface area (Å²) in [5.74, 6) is -1.25. The summed E-state index contributed by atoms with van der Waals surface area (Å²) in [7, 11) is -2.62. The summed E-state index contributed by atoms with van der Waals surface area (Å²) >= 11 is 0. The molecule has 0 saturated heterocycles. The first-order valence-electron chi connectivity index (χ1n) is 10.8. The molecule has 2 aromatic carbocycles. The minimum absolute atomic E-state index is 0.0552. The zero-order valence-electron chi connectivity index (χ0n) is 19.2. The Kier molecular flexibility index (Phi) is 5.87. The third kappa shape index (κ3) is 4.12. The average Bonchev–Trinajstić information content (AvgIpc) is 2.77. The second-order valence-electron chi connectivity index (χ2n) is 9.31. The van der Waals surface area contributed by atoms with Gasteiger partial charge >= 0.3 is 5.97 Å². The van der Waals surface area contributed by atoms with Gasteiger partial charge in [-0.15, -0.1) is 0 Å². The number of rotatable bonds is 4. The topological polar surface area (TPSA) is 133 Å². The Morgan fingerprint density at radius 2 is 1.68 bits per heavy atom. The lowest BCUT2D eigenvalue weighted by molar-refractivity contribution is -0.136. The third-order valence-electron chi connectivity index (χ3n) is 6.22. The lowest BCUT2D eigenvalue weighted by Gasteiger charge is -2.44. The minimum Gasteiger partial charge on any atom is -0.466 e. The fourth-order valence-electron chi connectivity index (χ4n) is 4.78. The predicted molar refractivity (Wildman–Crippen MR) is 128 cm³/mol. The largest absolute Gasteiger partial charge is 0.466 e. The molecule has 2 aromatic rings. The van der Waals surface area contributed by atoms with E-state index in [4.69, 9.17) is 15.6 Å². The van der Waals surface area contributed by atoms with Crippen molar-refractivity contribution < 1.29 is 22.7 Å². The van der Waals surface area contributed by atoms with Crippen LogP contribution in [-0.4, -0.2) is 27.3 Å². The number of Topliss-reactive ketones (excluding diaryl/α,β-unsaturated/α-hetero) is 1. The zero-order valence-corrected chi connectivity index (χ0v) is 20.1. The van der Waals surface area contributed by atoms with Gasteiger partial charge in [-0.2, -0.15) is 0 Å². The van der Waals surface area contributed by atoms with E-state index in [1.54, 1.807) is 17.0 Å². The highest BCUT2D eigenvalue weighted by Gasteiger charge is 2.46. The molecule has 0 fully saturated rings. The van der Waals surface area contributed by atoms with E-state index in [9.17, 15) is 18.0 Å². The summed E-state index contributed by atoms with van der Waals surface area (Å²) in [5.41, 5.74) is 8.92. The van der Waals surface area contributed by atoms with Crippen LogP contribution in [-0.2, 0) is 24.3 Å². The van der Waals surface area contributed by atoms with E-state index < -0.39 is 21.9 Å². The van der Waals surface area contributed by atoms with Crippen molar-refractivity contribution in [3.63, 3.8) is 0 Å². The Balaban J connectivity index is 2.00. The molecule has 0 bridgehead atoms. The highest BCUT2D eigenvalue weighted by Crippen LogP contribution is 2.50. The fourth-order valence-corrected chi connectivity index (χ4v) is 5.29. The van der Waals surface area contributed by atoms with Crippen molar-refractivity contribution in [2.24, 2.45) is 16.3 Å². The maximum atomic E-state index is 13.6. The number of hydrogen-bond donors (Lipinski definition) is 2. The second kappa shape index (κ2) is 8.41. The van der Waals surface area contributed by atoms with Crippen LogP contribution < -0.4 is 15.8 Å². The van der Waals surface area contributed by atoms with Gasteiger partial charge in [0.05, 0.1) is 23.5 Å². The minimum atomic E-state index is -3.89. The molecule has 1 atom stereocenters. The Morgan fingerprint density at radius 3 is 2.24 bits per heavy atom. The van der Waals surface area contributed by atoms with Crippen molar-refractivity contribution in [1.29, 1.82) is 0 Å². The molecule has 9 heteroatoms. The van der Waals surface area contributed by atoms with Gasteiger partial charge in [-0.3, -0.25) is 9.69 Å². The molecule has 1 aliphatic heterocycles. The molecular formula is C25H27N3O5S. The van der Waals surface area contributed by atoms with E-state index in [0.29, 0.717) is 29.8 Å². The van der Waals surface area contributed by atoms with Crippen molar-refractivity contribution in [2.75, 3.05) is 12.0 Å². The van der Waals surface area contributed by atoms with Crippen LogP contribution in [0.5, 0.6) is 0 Å². The number of nitrogens with zero attached hydrogens (tertiary/aromatic N) is 1. The Bertz CT molecular complexity index is 1330. The third-order valence-corrected chi connectivity index (χ3v) is 7.15. The molecular weight excluding hydrogens is 454 g/mol. The van der Waals surface area contributed by atoms with Gasteiger partial charge < -0.3 is 10.5 Å². The molecule has 1 unspecified atom stereocenters. The first kappa shape index (κ1) is 23.7. The van der Waals surface area contributed by atoms with E-state index in [1.807, 2.05) is 44.2 Å². The maximum Gasteiger partial charge on any atom is 0.338 e. The number of ether oxygens (including phenoxy) is 1. The van der Waals surface area contributed by atoms with Crippen LogP contribution in [0, 0.1) is 5.41 Å². The summed E-state index contributed by atoms with van der Waals surface area (Å²) in [4.78, 5) is 28.2. The molecule has 1 aliphatic carbocycles. The molecule has 34 heavy (non-hydrogen) atoms. The number of carbonyl (C=O) groups is 2. The Hall–Kier alpha value is -3.43. The number of benzene rings is 2. The molecule has 0 aromatic heterocycles. The van der Waals surface area contributed by atoms with Crippen LogP contribution in [0.1, 0.15) is 38.2 Å². The SMILES string of the molecule is COC(=O)C1=C(N)N(c2ccc(S(N)(=O)=O)cc2)C2=C(C(=O)CC(C)(C)C2)C1c1ccccc1. The predicted octanol–water partition coefficient (Wildman–Crippen LogP) is 2.92. The fraction of sp³-hybridized carbons (Fsp3) is 0.280. The van der Waals surface area contributed by atoms with Crippen LogP contribution in [0.25, 0.3) is 0 Å². The summed E-state index contributed by atoms with van der Waals surface area (Å²) in [5, 5.41) is 5.24. The van der Waals surface area contributed by atoms with E-state index in [1.165, 1.54) is 19.2 Å². The number of esters is 1. The smallest absolute Gasteiger partial charge is 0.338 e. The molecule has 178 valence electrons. The summed E-state index contributed by atoms with van der Waals surface area (Å²) in [6.45, 7) is 4.01. The van der Waals surface area contributed by atoms with Crippen molar-refractivity contribution in [2.45, 2.75) is 37.5 Å². The number of carbonyl (C=O) groups excluding carboxylic acids is 2. The van der Waals surface area contributed by atoms with E-state index in [2.05, 4.69) is 0 Å². The molecule has 1 heterocycles. The monoisotopic (exact) mass is 481 g/mol. The van der Waals surface area contributed by atoms with Crippen molar-refractivity contribution >= 4 is 27.5 Å². The number of anilines is 1. The molecule has 0 amide bonds. The van der Waals surface area contributed by atoms with E-state index in [0.717, 1.165) is 5.56 Å². The molecule has 0 spiro atoms. The van der Waals surface area contributed by atoms with Crippen LogP contribution in [0.4, 0.5) is 5.69 Å². The van der Waals surface area contributed by atoms with Crippen molar-refractivity contribution in [3.05, 3.63) is 82.8 Å². The summed E-state index contributed by atoms with van der Waals surface area (Å²) in [6, 6.07) is 15.1. The normalized spacial score (nSPS) is 20.3. The first-order valence-corrected chi connectivity index (χ1v) is 12.3. The van der Waals surface area contributed by atoms with Crippen molar-refractivity contribution in [3.8, 4) is 0 Å².